The number of amides is 2. The fourth-order valence-electron chi connectivity index (χ4n) is 4.46. The molecule has 0 unspecified atom stereocenters. The summed E-state index contributed by atoms with van der Waals surface area (Å²) in [5.41, 5.74) is 2.11. The Bertz CT molecular complexity index is 1240. The lowest BCUT2D eigenvalue weighted by Gasteiger charge is -2.38. The summed E-state index contributed by atoms with van der Waals surface area (Å²) in [7, 11) is 0. The Labute approximate surface area is 213 Å². The SMILES string of the molecule is CC(C)CN(CC(=O)N1CCc2sccc2[C@@H]1c1ccccc1)C(=O)c1ccc([N+](=O)[O-])cc1Cl. The zero-order chi connectivity index (χ0) is 25.1. The minimum Gasteiger partial charge on any atom is -0.330 e. The molecule has 1 aliphatic heterocycles. The third kappa shape index (κ3) is 5.39. The quantitative estimate of drug-likeness (QED) is 0.306. The summed E-state index contributed by atoms with van der Waals surface area (Å²) in [5, 5.41) is 13.1. The standard InChI is InChI=1S/C26H26ClN3O4S/c1-17(2)15-28(26(32)20-9-8-19(30(33)34)14-22(20)27)16-24(31)29-12-10-23-21(11-13-35-23)25(29)18-6-4-3-5-7-18/h3-9,11,13-14,17,25H,10,12,15-16H2,1-2H3/t25-/m0/s1. The average Bonchev–Trinajstić information content (AvgIpc) is 3.31. The van der Waals surface area contributed by atoms with Crippen molar-refractivity contribution in [3.63, 3.8) is 0 Å². The van der Waals surface area contributed by atoms with Gasteiger partial charge in [-0.25, -0.2) is 0 Å². The Balaban J connectivity index is 1.62. The number of thiophene rings is 1. The molecule has 2 aromatic carbocycles. The van der Waals surface area contributed by atoms with Gasteiger partial charge in [-0.05, 0) is 41.0 Å². The molecule has 1 aromatic heterocycles. The fourth-order valence-corrected chi connectivity index (χ4v) is 5.61. The van der Waals surface area contributed by atoms with Gasteiger partial charge in [-0.1, -0.05) is 55.8 Å². The predicted octanol–water partition coefficient (Wildman–Crippen LogP) is 5.58. The van der Waals surface area contributed by atoms with Crippen LogP contribution in [0.4, 0.5) is 5.69 Å². The number of fused-ring (bicyclic) bond motifs is 1. The van der Waals surface area contributed by atoms with Gasteiger partial charge in [0.1, 0.15) is 6.54 Å². The summed E-state index contributed by atoms with van der Waals surface area (Å²) >= 11 is 7.94. The molecule has 2 amide bonds. The molecule has 182 valence electrons. The predicted molar refractivity (Wildman–Crippen MR) is 137 cm³/mol. The first kappa shape index (κ1) is 24.9. The van der Waals surface area contributed by atoms with Gasteiger partial charge in [-0.3, -0.25) is 19.7 Å². The van der Waals surface area contributed by atoms with Gasteiger partial charge in [0.15, 0.2) is 0 Å². The zero-order valence-electron chi connectivity index (χ0n) is 19.5. The van der Waals surface area contributed by atoms with E-state index in [0.717, 1.165) is 17.5 Å². The number of carbonyl (C=O) groups excluding carboxylic acids is 2. The second-order valence-electron chi connectivity index (χ2n) is 8.95. The highest BCUT2D eigenvalue weighted by Gasteiger charge is 2.34. The van der Waals surface area contributed by atoms with Crippen molar-refractivity contribution in [2.24, 2.45) is 5.92 Å². The number of nitrogens with zero attached hydrogens (tertiary/aromatic N) is 3. The molecule has 1 atom stereocenters. The maximum atomic E-state index is 13.7. The van der Waals surface area contributed by atoms with E-state index in [-0.39, 0.29) is 40.7 Å². The molecule has 0 spiro atoms. The Kier molecular flexibility index (Phi) is 7.52. The van der Waals surface area contributed by atoms with Crippen molar-refractivity contribution in [3.8, 4) is 0 Å². The number of nitro benzene ring substituents is 1. The molecule has 9 heteroatoms. The van der Waals surface area contributed by atoms with Crippen molar-refractivity contribution in [2.45, 2.75) is 26.3 Å². The van der Waals surface area contributed by atoms with Crippen LogP contribution in [0.1, 0.15) is 46.3 Å². The maximum absolute atomic E-state index is 13.7. The molecule has 0 N–H and O–H groups in total. The number of halogens is 1. The fraction of sp³-hybridized carbons (Fsp3) is 0.308. The maximum Gasteiger partial charge on any atom is 0.270 e. The van der Waals surface area contributed by atoms with Crippen molar-refractivity contribution in [3.05, 3.63) is 96.7 Å². The van der Waals surface area contributed by atoms with Gasteiger partial charge in [0.25, 0.3) is 11.6 Å². The monoisotopic (exact) mass is 511 g/mol. The number of hydrogen-bond donors (Lipinski definition) is 0. The minimum atomic E-state index is -0.561. The number of hydrogen-bond acceptors (Lipinski definition) is 5. The van der Waals surface area contributed by atoms with E-state index in [4.69, 9.17) is 11.6 Å². The molecular weight excluding hydrogens is 486 g/mol. The summed E-state index contributed by atoms with van der Waals surface area (Å²) in [6.45, 7) is 4.74. The summed E-state index contributed by atoms with van der Waals surface area (Å²) < 4.78 is 0. The Hall–Kier alpha value is -3.23. The van der Waals surface area contributed by atoms with Crippen LogP contribution in [0, 0.1) is 16.0 Å². The highest BCUT2D eigenvalue weighted by atomic mass is 35.5. The first-order chi connectivity index (χ1) is 16.8. The molecule has 0 bridgehead atoms. The Morgan fingerprint density at radius 2 is 1.94 bits per heavy atom. The lowest BCUT2D eigenvalue weighted by Crippen LogP contribution is -2.47. The van der Waals surface area contributed by atoms with Crippen LogP contribution in [0.5, 0.6) is 0 Å². The second-order valence-corrected chi connectivity index (χ2v) is 10.4. The van der Waals surface area contributed by atoms with Crippen molar-refractivity contribution >= 4 is 40.4 Å². The van der Waals surface area contributed by atoms with Crippen LogP contribution in [0.15, 0.2) is 60.0 Å². The van der Waals surface area contributed by atoms with Crippen LogP contribution in [0.2, 0.25) is 5.02 Å². The lowest BCUT2D eigenvalue weighted by atomic mass is 9.93. The van der Waals surface area contributed by atoms with E-state index in [9.17, 15) is 19.7 Å². The molecule has 0 saturated heterocycles. The highest BCUT2D eigenvalue weighted by molar-refractivity contribution is 7.10. The molecule has 35 heavy (non-hydrogen) atoms. The van der Waals surface area contributed by atoms with Crippen LogP contribution < -0.4 is 0 Å². The van der Waals surface area contributed by atoms with E-state index < -0.39 is 10.8 Å². The smallest absolute Gasteiger partial charge is 0.270 e. The number of rotatable bonds is 7. The molecule has 7 nitrogen and oxygen atoms in total. The number of carbonyl (C=O) groups is 2. The van der Waals surface area contributed by atoms with Crippen molar-refractivity contribution < 1.29 is 14.5 Å². The van der Waals surface area contributed by atoms with E-state index in [0.29, 0.717) is 13.1 Å². The number of non-ortho nitro benzene ring substituents is 1. The minimum absolute atomic E-state index is 0.00606. The molecule has 0 radical (unpaired) electrons. The summed E-state index contributed by atoms with van der Waals surface area (Å²) in [6, 6.07) is 15.5. The van der Waals surface area contributed by atoms with E-state index in [2.05, 4.69) is 11.4 Å². The largest absolute Gasteiger partial charge is 0.330 e. The Morgan fingerprint density at radius 3 is 2.60 bits per heavy atom. The highest BCUT2D eigenvalue weighted by Crippen LogP contribution is 2.38. The van der Waals surface area contributed by atoms with Gasteiger partial charge in [-0.2, -0.15) is 0 Å². The van der Waals surface area contributed by atoms with Crippen molar-refractivity contribution in [2.75, 3.05) is 19.6 Å². The molecule has 0 fully saturated rings. The molecule has 0 aliphatic carbocycles. The number of benzene rings is 2. The normalized spacial score (nSPS) is 15.1. The molecule has 2 heterocycles. The third-order valence-electron chi connectivity index (χ3n) is 5.99. The first-order valence-electron chi connectivity index (χ1n) is 11.4. The molecule has 4 rings (SSSR count). The van der Waals surface area contributed by atoms with Gasteiger partial charge in [-0.15, -0.1) is 11.3 Å². The topological polar surface area (TPSA) is 83.8 Å². The van der Waals surface area contributed by atoms with Crippen LogP contribution >= 0.6 is 22.9 Å². The van der Waals surface area contributed by atoms with E-state index in [1.165, 1.54) is 28.0 Å². The van der Waals surface area contributed by atoms with Crippen LogP contribution in [-0.4, -0.2) is 46.2 Å². The molecule has 3 aromatic rings. The average molecular weight is 512 g/mol. The summed E-state index contributed by atoms with van der Waals surface area (Å²) in [4.78, 5) is 42.2. The van der Waals surface area contributed by atoms with Crippen LogP contribution in [0.3, 0.4) is 0 Å². The summed E-state index contributed by atoms with van der Waals surface area (Å²) in [6.07, 6.45) is 0.772. The third-order valence-corrected chi connectivity index (χ3v) is 7.30. The van der Waals surface area contributed by atoms with Crippen LogP contribution in [0.25, 0.3) is 0 Å². The molecule has 1 aliphatic rings. The molecule has 0 saturated carbocycles. The van der Waals surface area contributed by atoms with E-state index in [1.807, 2.05) is 49.1 Å². The van der Waals surface area contributed by atoms with Crippen molar-refractivity contribution in [1.82, 2.24) is 9.80 Å². The number of nitro groups is 1. The zero-order valence-corrected chi connectivity index (χ0v) is 21.1. The van der Waals surface area contributed by atoms with E-state index >= 15 is 0 Å². The Morgan fingerprint density at radius 1 is 1.20 bits per heavy atom. The van der Waals surface area contributed by atoms with Crippen LogP contribution in [-0.2, 0) is 11.2 Å². The van der Waals surface area contributed by atoms with E-state index in [1.54, 1.807) is 11.3 Å². The first-order valence-corrected chi connectivity index (χ1v) is 12.7. The van der Waals surface area contributed by atoms with Gasteiger partial charge >= 0.3 is 0 Å². The van der Waals surface area contributed by atoms with Gasteiger partial charge < -0.3 is 9.80 Å². The lowest BCUT2D eigenvalue weighted by molar-refractivity contribution is -0.384. The second kappa shape index (κ2) is 10.6. The van der Waals surface area contributed by atoms with Gasteiger partial charge in [0.2, 0.25) is 5.91 Å². The summed E-state index contributed by atoms with van der Waals surface area (Å²) in [5.74, 6) is -0.461. The van der Waals surface area contributed by atoms with Gasteiger partial charge in [0.05, 0.1) is 21.6 Å². The molecular formula is C26H26ClN3O4S. The van der Waals surface area contributed by atoms with Crippen molar-refractivity contribution in [1.29, 1.82) is 0 Å². The van der Waals surface area contributed by atoms with Gasteiger partial charge in [0, 0.05) is 30.1 Å².